The minimum absolute atomic E-state index is 0.0731. The third kappa shape index (κ3) is 6.24. The number of hydrogen-bond acceptors (Lipinski definition) is 3. The molecule has 0 spiro atoms. The van der Waals surface area contributed by atoms with Crippen LogP contribution in [0.3, 0.4) is 0 Å². The van der Waals surface area contributed by atoms with Crippen molar-refractivity contribution < 1.29 is 23.1 Å². The van der Waals surface area contributed by atoms with Gasteiger partial charge in [-0.25, -0.2) is 13.6 Å². The maximum atomic E-state index is 13.6. The minimum Gasteiger partial charge on any atom is -0.452 e. The van der Waals surface area contributed by atoms with Crippen LogP contribution in [0.4, 0.5) is 8.78 Å². The molecule has 1 saturated carbocycles. The van der Waals surface area contributed by atoms with Gasteiger partial charge in [0, 0.05) is 24.2 Å². The smallest absolute Gasteiger partial charge is 0.331 e. The second kappa shape index (κ2) is 10.7. The molecule has 1 aliphatic carbocycles. The third-order valence-corrected chi connectivity index (χ3v) is 5.24. The van der Waals surface area contributed by atoms with Gasteiger partial charge in [-0.05, 0) is 42.7 Å². The lowest BCUT2D eigenvalue weighted by Gasteiger charge is -2.34. The van der Waals surface area contributed by atoms with E-state index in [1.165, 1.54) is 30.3 Å². The molecule has 0 atom stereocenters. The van der Waals surface area contributed by atoms with Crippen LogP contribution in [0, 0.1) is 11.6 Å². The first-order valence-electron chi connectivity index (χ1n) is 10.2. The Morgan fingerprint density at radius 3 is 2.40 bits per heavy atom. The molecule has 0 unspecified atom stereocenters. The molecule has 0 N–H and O–H groups in total. The molecule has 0 aliphatic heterocycles. The van der Waals surface area contributed by atoms with Gasteiger partial charge in [0.15, 0.2) is 6.61 Å². The number of halogens is 2. The topological polar surface area (TPSA) is 46.6 Å². The zero-order valence-electron chi connectivity index (χ0n) is 16.7. The molecule has 0 heterocycles. The average Bonchev–Trinajstić information content (AvgIpc) is 2.77. The van der Waals surface area contributed by atoms with Crippen molar-refractivity contribution >= 4 is 18.0 Å². The van der Waals surface area contributed by atoms with E-state index in [-0.39, 0.29) is 23.3 Å². The molecular formula is C24H25F2NO3. The summed E-state index contributed by atoms with van der Waals surface area (Å²) < 4.78 is 31.9. The van der Waals surface area contributed by atoms with E-state index in [0.717, 1.165) is 43.7 Å². The lowest BCUT2D eigenvalue weighted by Crippen LogP contribution is -2.43. The van der Waals surface area contributed by atoms with Crippen LogP contribution in [-0.2, 0) is 20.9 Å². The molecule has 1 amide bonds. The summed E-state index contributed by atoms with van der Waals surface area (Å²) in [5, 5.41) is 0. The standard InChI is InChI=1S/C24H25F2NO3/c25-20-13-10-18(11-14-20)16-27(21-7-2-1-3-8-21)23(28)17-30-24(29)15-12-19-6-4-5-9-22(19)26/h4-6,9-15,21H,1-3,7-8,16-17H2/b15-12+. The molecule has 6 heteroatoms. The summed E-state index contributed by atoms with van der Waals surface area (Å²) in [6, 6.07) is 12.2. The molecule has 1 fully saturated rings. The van der Waals surface area contributed by atoms with Gasteiger partial charge in [0.2, 0.25) is 0 Å². The van der Waals surface area contributed by atoms with E-state index in [9.17, 15) is 18.4 Å². The zero-order chi connectivity index (χ0) is 21.3. The van der Waals surface area contributed by atoms with Gasteiger partial charge in [0.25, 0.3) is 5.91 Å². The van der Waals surface area contributed by atoms with Gasteiger partial charge >= 0.3 is 5.97 Å². The van der Waals surface area contributed by atoms with Crippen molar-refractivity contribution in [2.24, 2.45) is 0 Å². The number of nitrogens with zero attached hydrogens (tertiary/aromatic N) is 1. The maximum absolute atomic E-state index is 13.6. The van der Waals surface area contributed by atoms with Crippen LogP contribution in [0.2, 0.25) is 0 Å². The molecule has 1 aliphatic rings. The Balaban J connectivity index is 1.61. The highest BCUT2D eigenvalue weighted by atomic mass is 19.1. The number of carbonyl (C=O) groups excluding carboxylic acids is 2. The lowest BCUT2D eigenvalue weighted by atomic mass is 9.93. The summed E-state index contributed by atoms with van der Waals surface area (Å²) in [5.41, 5.74) is 1.09. The Labute approximate surface area is 175 Å². The first kappa shape index (κ1) is 21.7. The SMILES string of the molecule is O=C(/C=C/c1ccccc1F)OCC(=O)N(Cc1ccc(F)cc1)C1CCCCC1. The number of ether oxygens (including phenoxy) is 1. The van der Waals surface area contributed by atoms with E-state index in [1.54, 1.807) is 29.2 Å². The van der Waals surface area contributed by atoms with E-state index in [2.05, 4.69) is 0 Å². The molecule has 2 aromatic rings. The summed E-state index contributed by atoms with van der Waals surface area (Å²) in [7, 11) is 0. The monoisotopic (exact) mass is 413 g/mol. The third-order valence-electron chi connectivity index (χ3n) is 5.24. The van der Waals surface area contributed by atoms with Gasteiger partial charge in [0.05, 0.1) is 0 Å². The van der Waals surface area contributed by atoms with Gasteiger partial charge < -0.3 is 9.64 Å². The molecule has 2 aromatic carbocycles. The maximum Gasteiger partial charge on any atom is 0.331 e. The number of benzene rings is 2. The Morgan fingerprint density at radius 1 is 1.00 bits per heavy atom. The quantitative estimate of drug-likeness (QED) is 0.480. The van der Waals surface area contributed by atoms with Crippen LogP contribution < -0.4 is 0 Å². The van der Waals surface area contributed by atoms with Crippen molar-refractivity contribution in [3.05, 3.63) is 77.4 Å². The summed E-state index contributed by atoms with van der Waals surface area (Å²) >= 11 is 0. The summed E-state index contributed by atoms with van der Waals surface area (Å²) in [5.74, 6) is -1.78. The van der Waals surface area contributed by atoms with Crippen molar-refractivity contribution in [1.82, 2.24) is 4.90 Å². The second-order valence-electron chi connectivity index (χ2n) is 7.40. The fourth-order valence-electron chi connectivity index (χ4n) is 3.63. The van der Waals surface area contributed by atoms with Crippen molar-refractivity contribution in [2.45, 2.75) is 44.7 Å². The number of rotatable bonds is 7. The molecule has 3 rings (SSSR count). The summed E-state index contributed by atoms with van der Waals surface area (Å²) in [4.78, 5) is 26.5. The first-order valence-corrected chi connectivity index (χ1v) is 10.2. The van der Waals surface area contributed by atoms with Crippen molar-refractivity contribution in [1.29, 1.82) is 0 Å². The fourth-order valence-corrected chi connectivity index (χ4v) is 3.63. The van der Waals surface area contributed by atoms with E-state index >= 15 is 0 Å². The van der Waals surface area contributed by atoms with E-state index < -0.39 is 18.4 Å². The largest absolute Gasteiger partial charge is 0.452 e. The van der Waals surface area contributed by atoms with Gasteiger partial charge in [-0.3, -0.25) is 4.79 Å². The number of carbonyl (C=O) groups is 2. The van der Waals surface area contributed by atoms with Gasteiger partial charge in [-0.1, -0.05) is 49.6 Å². The van der Waals surface area contributed by atoms with Crippen LogP contribution >= 0.6 is 0 Å². The molecule has 0 bridgehead atoms. The highest BCUT2D eigenvalue weighted by Gasteiger charge is 2.26. The molecular weight excluding hydrogens is 388 g/mol. The predicted octanol–water partition coefficient (Wildman–Crippen LogP) is 4.88. The predicted molar refractivity (Wildman–Crippen MR) is 110 cm³/mol. The average molecular weight is 413 g/mol. The number of amides is 1. The van der Waals surface area contributed by atoms with Crippen molar-refractivity contribution in [3.63, 3.8) is 0 Å². The lowest BCUT2D eigenvalue weighted by molar-refractivity contribution is -0.150. The van der Waals surface area contributed by atoms with Crippen LogP contribution in [-0.4, -0.2) is 29.4 Å². The minimum atomic E-state index is -0.711. The Hall–Kier alpha value is -3.02. The van der Waals surface area contributed by atoms with E-state index in [4.69, 9.17) is 4.74 Å². The normalized spacial score (nSPS) is 14.6. The van der Waals surface area contributed by atoms with Crippen LogP contribution in [0.5, 0.6) is 0 Å². The van der Waals surface area contributed by atoms with Gasteiger partial charge in [0.1, 0.15) is 11.6 Å². The van der Waals surface area contributed by atoms with Gasteiger partial charge in [-0.15, -0.1) is 0 Å². The van der Waals surface area contributed by atoms with Gasteiger partial charge in [-0.2, -0.15) is 0 Å². The van der Waals surface area contributed by atoms with Crippen LogP contribution in [0.1, 0.15) is 43.2 Å². The molecule has 0 aromatic heterocycles. The van der Waals surface area contributed by atoms with Crippen molar-refractivity contribution in [3.8, 4) is 0 Å². The Bertz CT molecular complexity index is 890. The summed E-state index contributed by atoms with van der Waals surface area (Å²) in [6.45, 7) is -0.0511. The van der Waals surface area contributed by atoms with E-state index in [0.29, 0.717) is 6.54 Å². The highest BCUT2D eigenvalue weighted by Crippen LogP contribution is 2.24. The second-order valence-corrected chi connectivity index (χ2v) is 7.40. The summed E-state index contributed by atoms with van der Waals surface area (Å²) in [6.07, 6.45) is 7.45. The zero-order valence-corrected chi connectivity index (χ0v) is 16.7. The van der Waals surface area contributed by atoms with Crippen LogP contribution in [0.15, 0.2) is 54.6 Å². The molecule has 0 radical (unpaired) electrons. The highest BCUT2D eigenvalue weighted by molar-refractivity contribution is 5.89. The number of esters is 1. The molecule has 158 valence electrons. The molecule has 4 nitrogen and oxygen atoms in total. The van der Waals surface area contributed by atoms with Crippen molar-refractivity contribution in [2.75, 3.05) is 6.61 Å². The van der Waals surface area contributed by atoms with E-state index in [1.807, 2.05) is 0 Å². The fraction of sp³-hybridized carbons (Fsp3) is 0.333. The Kier molecular flexibility index (Phi) is 7.71. The first-order chi connectivity index (χ1) is 14.5. The number of hydrogen-bond donors (Lipinski definition) is 0. The Morgan fingerprint density at radius 2 is 1.70 bits per heavy atom. The molecule has 0 saturated heterocycles. The van der Waals surface area contributed by atoms with Crippen LogP contribution in [0.25, 0.3) is 6.08 Å². The molecule has 30 heavy (non-hydrogen) atoms.